The number of carboxylic acid groups (broad SMARTS) is 1. The number of ether oxygens (including phenoxy) is 1. The second kappa shape index (κ2) is 8.23. The van der Waals surface area contributed by atoms with Gasteiger partial charge in [0, 0.05) is 20.7 Å². The molecule has 0 unspecified atom stereocenters. The Balaban J connectivity index is 0.00000225. The van der Waals surface area contributed by atoms with Gasteiger partial charge in [-0.15, -0.1) is 0 Å². The molecule has 13 heteroatoms. The van der Waals surface area contributed by atoms with Gasteiger partial charge in [0.15, 0.2) is 11.6 Å². The number of nitrogen functional groups attached to an aromatic ring is 1. The summed E-state index contributed by atoms with van der Waals surface area (Å²) >= 11 is 0. The highest BCUT2D eigenvalue weighted by atomic mass is 19.3. The van der Waals surface area contributed by atoms with E-state index in [1.54, 1.807) is 0 Å². The molecule has 1 saturated carbocycles. The first kappa shape index (κ1) is 24.1. The summed E-state index contributed by atoms with van der Waals surface area (Å²) in [7, 11) is 0. The molecule has 1 heterocycles. The van der Waals surface area contributed by atoms with Crippen LogP contribution in [0.4, 0.5) is 32.7 Å². The Morgan fingerprint density at radius 1 is 1.26 bits per heavy atom. The first-order chi connectivity index (χ1) is 11.2. The summed E-state index contributed by atoms with van der Waals surface area (Å²) in [5.41, 5.74) is 2.05. The number of carbonyl (C=O) groups is 1. The molecule has 1 fully saturated rings. The largest absolute Gasteiger partial charge is 0.477 e. The molecule has 27 heavy (non-hydrogen) atoms. The van der Waals surface area contributed by atoms with E-state index in [-0.39, 0.29) is 23.9 Å². The standard InChI is InChI=1S/C14H10F4N2O4.B.2FH/c15-7-8(16)12(24-14(17)18)10-6(9(7)19)11(21)5(13(22)23)3-20(10)4-1-2-4;;;/h3-4,14H,1-2,19H2,(H,22,23);;2*1H. The Morgan fingerprint density at radius 3 is 2.26 bits per heavy atom. The fourth-order valence-corrected chi connectivity index (χ4v) is 2.54. The van der Waals surface area contributed by atoms with Gasteiger partial charge in [-0.05, 0) is 12.8 Å². The average molecular weight is 397 g/mol. The highest BCUT2D eigenvalue weighted by Gasteiger charge is 2.32. The van der Waals surface area contributed by atoms with Crippen molar-refractivity contribution in [1.29, 1.82) is 0 Å². The lowest BCUT2D eigenvalue weighted by Gasteiger charge is -2.18. The van der Waals surface area contributed by atoms with Crippen molar-refractivity contribution in [3.63, 3.8) is 0 Å². The van der Waals surface area contributed by atoms with Gasteiger partial charge < -0.3 is 20.1 Å². The van der Waals surface area contributed by atoms with Crippen LogP contribution in [0.15, 0.2) is 11.0 Å². The molecule has 1 aliphatic carbocycles. The maximum Gasteiger partial charge on any atom is 0.387 e. The zero-order valence-corrected chi connectivity index (χ0v) is 13.2. The maximum absolute atomic E-state index is 14.1. The third-order valence-corrected chi connectivity index (χ3v) is 3.73. The number of halogens is 6. The molecule has 0 atom stereocenters. The quantitative estimate of drug-likeness (QED) is 0.470. The van der Waals surface area contributed by atoms with Gasteiger partial charge in [0.2, 0.25) is 11.2 Å². The zero-order valence-electron chi connectivity index (χ0n) is 13.2. The summed E-state index contributed by atoms with van der Waals surface area (Å²) in [4.78, 5) is 23.5. The minimum absolute atomic E-state index is 0. The number of hydrogen-bond donors (Lipinski definition) is 2. The van der Waals surface area contributed by atoms with Crippen molar-refractivity contribution in [2.24, 2.45) is 0 Å². The molecule has 3 N–H and O–H groups in total. The summed E-state index contributed by atoms with van der Waals surface area (Å²) in [6, 6.07) is -0.351. The van der Waals surface area contributed by atoms with Crippen LogP contribution in [-0.2, 0) is 0 Å². The van der Waals surface area contributed by atoms with Crippen LogP contribution < -0.4 is 15.9 Å². The molecule has 0 bridgehead atoms. The third kappa shape index (κ3) is 3.81. The Kier molecular flexibility index (Phi) is 7.36. The molecule has 3 radical (unpaired) electrons. The van der Waals surface area contributed by atoms with E-state index >= 15 is 0 Å². The van der Waals surface area contributed by atoms with Gasteiger partial charge in [-0.25, -0.2) is 9.18 Å². The number of anilines is 1. The monoisotopic (exact) mass is 397 g/mol. The van der Waals surface area contributed by atoms with Crippen LogP contribution in [-0.4, -0.2) is 30.7 Å². The Hall–Kier alpha value is -2.86. The topological polar surface area (TPSA) is 94.6 Å². The number of aromatic nitrogens is 1. The second-order valence-electron chi connectivity index (χ2n) is 5.29. The van der Waals surface area contributed by atoms with Crippen LogP contribution in [0, 0.1) is 11.6 Å². The van der Waals surface area contributed by atoms with Crippen molar-refractivity contribution < 1.29 is 41.6 Å². The number of pyridine rings is 1. The lowest BCUT2D eigenvalue weighted by molar-refractivity contribution is -0.0516. The lowest BCUT2D eigenvalue weighted by Crippen LogP contribution is -2.22. The first-order valence-electron chi connectivity index (χ1n) is 6.77. The number of nitrogens with zero attached hydrogens (tertiary/aromatic N) is 1. The van der Waals surface area contributed by atoms with E-state index in [1.807, 2.05) is 0 Å². The Bertz CT molecular complexity index is 932. The van der Waals surface area contributed by atoms with Crippen LogP contribution >= 0.6 is 0 Å². The molecule has 1 aliphatic rings. The second-order valence-corrected chi connectivity index (χ2v) is 5.29. The summed E-state index contributed by atoms with van der Waals surface area (Å²) < 4.78 is 58.3. The lowest BCUT2D eigenvalue weighted by atomic mass is 10.1. The van der Waals surface area contributed by atoms with E-state index in [1.165, 1.54) is 0 Å². The fourth-order valence-electron chi connectivity index (χ4n) is 2.54. The molecular formula is C14H12BF6N2O4. The first-order valence-corrected chi connectivity index (χ1v) is 6.77. The third-order valence-electron chi connectivity index (χ3n) is 3.73. The number of carboxylic acids is 1. The number of aromatic carboxylic acids is 1. The van der Waals surface area contributed by atoms with E-state index in [0.717, 1.165) is 10.8 Å². The van der Waals surface area contributed by atoms with Crippen LogP contribution in [0.2, 0.25) is 0 Å². The molecule has 0 spiro atoms. The highest BCUT2D eigenvalue weighted by Crippen LogP contribution is 2.42. The average Bonchev–Trinajstić information content (AvgIpc) is 3.33. The van der Waals surface area contributed by atoms with E-state index in [4.69, 9.17) is 10.8 Å². The van der Waals surface area contributed by atoms with Crippen molar-refractivity contribution >= 4 is 31.0 Å². The fraction of sp³-hybridized carbons (Fsp3) is 0.286. The zero-order chi connectivity index (χ0) is 17.8. The van der Waals surface area contributed by atoms with E-state index in [0.29, 0.717) is 12.8 Å². The predicted octanol–water partition coefficient (Wildman–Crippen LogP) is 2.42. The molecule has 1 aromatic carbocycles. The van der Waals surface area contributed by atoms with Crippen LogP contribution in [0.3, 0.4) is 0 Å². The van der Waals surface area contributed by atoms with Crippen molar-refractivity contribution in [3.8, 4) is 5.75 Å². The molecule has 6 nitrogen and oxygen atoms in total. The normalized spacial score (nSPS) is 12.8. The molecule has 147 valence electrons. The van der Waals surface area contributed by atoms with Crippen LogP contribution in [0.1, 0.15) is 29.2 Å². The number of nitrogens with two attached hydrogens (primary N) is 1. The van der Waals surface area contributed by atoms with Crippen molar-refractivity contribution in [2.45, 2.75) is 25.5 Å². The number of alkyl halides is 2. The minimum Gasteiger partial charge on any atom is -0.477 e. The van der Waals surface area contributed by atoms with Gasteiger partial charge >= 0.3 is 12.6 Å². The minimum atomic E-state index is -3.48. The van der Waals surface area contributed by atoms with E-state index in [9.17, 15) is 27.2 Å². The van der Waals surface area contributed by atoms with Gasteiger partial charge in [-0.2, -0.15) is 13.2 Å². The SMILES string of the molecule is F.F.Nc1c(F)c(F)c(OC(F)F)c2c1c(=O)c(C(=O)O)cn2C1CC1.[B]. The smallest absolute Gasteiger partial charge is 0.387 e. The van der Waals surface area contributed by atoms with E-state index in [2.05, 4.69) is 4.74 Å². The molecule has 0 aliphatic heterocycles. The Labute approximate surface area is 148 Å². The molecule has 3 rings (SSSR count). The van der Waals surface area contributed by atoms with Gasteiger partial charge in [0.1, 0.15) is 11.1 Å². The van der Waals surface area contributed by atoms with Gasteiger partial charge in [-0.3, -0.25) is 14.2 Å². The Morgan fingerprint density at radius 2 is 1.81 bits per heavy atom. The molecular weight excluding hydrogens is 385 g/mol. The van der Waals surface area contributed by atoms with Gasteiger partial charge in [-0.1, -0.05) is 0 Å². The van der Waals surface area contributed by atoms with Crippen LogP contribution in [0.25, 0.3) is 10.9 Å². The van der Waals surface area contributed by atoms with Gasteiger partial charge in [0.25, 0.3) is 0 Å². The summed E-state index contributed by atoms with van der Waals surface area (Å²) in [5, 5.41) is 8.41. The molecule has 1 aromatic heterocycles. The summed E-state index contributed by atoms with van der Waals surface area (Å²) in [6.07, 6.45) is 1.99. The summed E-state index contributed by atoms with van der Waals surface area (Å²) in [6.45, 7) is -3.48. The molecule has 2 aromatic rings. The maximum atomic E-state index is 14.1. The molecule has 0 saturated heterocycles. The predicted molar refractivity (Wildman–Crippen MR) is 85.2 cm³/mol. The number of hydrogen-bond acceptors (Lipinski definition) is 4. The number of benzene rings is 1. The van der Waals surface area contributed by atoms with Crippen molar-refractivity contribution in [1.82, 2.24) is 4.57 Å². The highest BCUT2D eigenvalue weighted by molar-refractivity contribution is 6.00. The van der Waals surface area contributed by atoms with Crippen molar-refractivity contribution in [2.75, 3.05) is 5.73 Å². The number of fused-ring (bicyclic) bond motifs is 1. The van der Waals surface area contributed by atoms with Crippen LogP contribution in [0.5, 0.6) is 5.75 Å². The summed E-state index contributed by atoms with van der Waals surface area (Å²) in [5.74, 6) is -6.29. The number of rotatable bonds is 4. The van der Waals surface area contributed by atoms with Gasteiger partial charge in [0.05, 0.1) is 11.1 Å². The molecule has 0 amide bonds. The van der Waals surface area contributed by atoms with Crippen molar-refractivity contribution in [3.05, 3.63) is 33.6 Å². The van der Waals surface area contributed by atoms with E-state index < -0.39 is 57.5 Å².